The number of anilines is 1. The lowest BCUT2D eigenvalue weighted by Gasteiger charge is -2.09. The summed E-state index contributed by atoms with van der Waals surface area (Å²) in [5, 5.41) is 2.38. The van der Waals surface area contributed by atoms with Gasteiger partial charge in [-0.2, -0.15) is 0 Å². The van der Waals surface area contributed by atoms with Crippen LogP contribution in [-0.2, 0) is 21.1 Å². The highest BCUT2D eigenvalue weighted by Gasteiger charge is 2.18. The van der Waals surface area contributed by atoms with Crippen LogP contribution in [0.1, 0.15) is 25.0 Å². The van der Waals surface area contributed by atoms with Crippen molar-refractivity contribution in [2.75, 3.05) is 5.32 Å². The normalized spacial score (nSPS) is 11.5. The lowest BCUT2D eigenvalue weighted by Crippen LogP contribution is -2.15. The van der Waals surface area contributed by atoms with E-state index in [4.69, 9.17) is 0 Å². The summed E-state index contributed by atoms with van der Waals surface area (Å²) in [6.07, 6.45) is 0.204. The molecule has 0 radical (unpaired) electrons. The molecule has 0 heterocycles. The molecule has 0 bridgehead atoms. The summed E-state index contributed by atoms with van der Waals surface area (Å²) in [7, 11) is -3.28. The summed E-state index contributed by atoms with van der Waals surface area (Å²) in [6.45, 7) is 5.26. The number of carbonyl (C=O) groups is 1. The van der Waals surface area contributed by atoms with Crippen LogP contribution in [0.15, 0.2) is 53.4 Å². The second kappa shape index (κ2) is 6.96. The summed E-state index contributed by atoms with van der Waals surface area (Å²) in [6, 6.07) is 14.1. The van der Waals surface area contributed by atoms with E-state index < -0.39 is 15.1 Å². The largest absolute Gasteiger partial charge is 0.326 e. The first-order valence-electron chi connectivity index (χ1n) is 7.48. The SMILES string of the molecule is Cc1cccc(NC(=O)Cc2ccc(S(=O)(=O)C(C)C)cc2)c1. The molecule has 2 aromatic rings. The first kappa shape index (κ1) is 17.2. The zero-order chi connectivity index (χ0) is 17.0. The number of rotatable bonds is 5. The maximum absolute atomic E-state index is 12.1. The van der Waals surface area contributed by atoms with Crippen LogP contribution in [0.3, 0.4) is 0 Å². The number of benzene rings is 2. The molecule has 0 spiro atoms. The van der Waals surface area contributed by atoms with E-state index in [0.717, 1.165) is 16.8 Å². The van der Waals surface area contributed by atoms with Crippen molar-refractivity contribution >= 4 is 21.4 Å². The van der Waals surface area contributed by atoms with Gasteiger partial charge in [0.25, 0.3) is 0 Å². The van der Waals surface area contributed by atoms with Crippen molar-refractivity contribution < 1.29 is 13.2 Å². The van der Waals surface area contributed by atoms with Crippen molar-refractivity contribution in [3.8, 4) is 0 Å². The zero-order valence-electron chi connectivity index (χ0n) is 13.5. The molecule has 122 valence electrons. The quantitative estimate of drug-likeness (QED) is 0.914. The molecule has 0 aromatic heterocycles. The van der Waals surface area contributed by atoms with Gasteiger partial charge < -0.3 is 5.32 Å². The fourth-order valence-electron chi connectivity index (χ4n) is 2.18. The van der Waals surface area contributed by atoms with E-state index in [1.165, 1.54) is 0 Å². The molecule has 0 unspecified atom stereocenters. The van der Waals surface area contributed by atoms with Crippen molar-refractivity contribution in [3.63, 3.8) is 0 Å². The van der Waals surface area contributed by atoms with Crippen LogP contribution < -0.4 is 5.32 Å². The van der Waals surface area contributed by atoms with Gasteiger partial charge in [-0.3, -0.25) is 4.79 Å². The second-order valence-electron chi connectivity index (χ2n) is 5.83. The van der Waals surface area contributed by atoms with Crippen molar-refractivity contribution in [2.45, 2.75) is 37.3 Å². The Balaban J connectivity index is 2.05. The van der Waals surface area contributed by atoms with Gasteiger partial charge in [0.2, 0.25) is 5.91 Å². The van der Waals surface area contributed by atoms with Crippen LogP contribution in [-0.4, -0.2) is 19.6 Å². The summed E-state index contributed by atoms with van der Waals surface area (Å²) in [4.78, 5) is 12.3. The number of hydrogen-bond donors (Lipinski definition) is 1. The lowest BCUT2D eigenvalue weighted by molar-refractivity contribution is -0.115. The molecule has 2 aromatic carbocycles. The number of aryl methyl sites for hydroxylation is 1. The minimum absolute atomic E-state index is 0.130. The molecule has 0 aliphatic carbocycles. The van der Waals surface area contributed by atoms with Crippen molar-refractivity contribution in [3.05, 3.63) is 59.7 Å². The van der Waals surface area contributed by atoms with Crippen LogP contribution in [0, 0.1) is 6.92 Å². The van der Waals surface area contributed by atoms with Gasteiger partial charge >= 0.3 is 0 Å². The molecule has 0 fully saturated rings. The van der Waals surface area contributed by atoms with E-state index in [9.17, 15) is 13.2 Å². The maximum atomic E-state index is 12.1. The molecule has 0 saturated heterocycles. The topological polar surface area (TPSA) is 63.2 Å². The number of sulfone groups is 1. The summed E-state index contributed by atoms with van der Waals surface area (Å²) < 4.78 is 24.1. The smallest absolute Gasteiger partial charge is 0.228 e. The molecule has 0 saturated carbocycles. The fourth-order valence-corrected chi connectivity index (χ4v) is 3.24. The third-order valence-corrected chi connectivity index (χ3v) is 5.71. The van der Waals surface area contributed by atoms with Gasteiger partial charge in [0.05, 0.1) is 16.6 Å². The van der Waals surface area contributed by atoms with Crippen LogP contribution in [0.4, 0.5) is 5.69 Å². The Morgan fingerprint density at radius 1 is 1.09 bits per heavy atom. The Morgan fingerprint density at radius 3 is 2.30 bits per heavy atom. The average Bonchev–Trinajstić information content (AvgIpc) is 2.47. The Morgan fingerprint density at radius 2 is 1.74 bits per heavy atom. The van der Waals surface area contributed by atoms with Crippen LogP contribution in [0.5, 0.6) is 0 Å². The number of carbonyl (C=O) groups excluding carboxylic acids is 1. The summed E-state index contributed by atoms with van der Waals surface area (Å²) >= 11 is 0. The Labute approximate surface area is 137 Å². The van der Waals surface area contributed by atoms with Crippen molar-refractivity contribution in [2.24, 2.45) is 0 Å². The van der Waals surface area contributed by atoms with Gasteiger partial charge in [0.15, 0.2) is 9.84 Å². The molecule has 1 amide bonds. The van der Waals surface area contributed by atoms with Gasteiger partial charge in [-0.25, -0.2) is 8.42 Å². The summed E-state index contributed by atoms with van der Waals surface area (Å²) in [5.74, 6) is -0.130. The van der Waals surface area contributed by atoms with Crippen LogP contribution >= 0.6 is 0 Å². The van der Waals surface area contributed by atoms with Gasteiger partial charge in [0.1, 0.15) is 0 Å². The number of nitrogens with one attached hydrogen (secondary N) is 1. The zero-order valence-corrected chi connectivity index (χ0v) is 14.4. The first-order chi connectivity index (χ1) is 10.8. The molecular formula is C18H21NO3S. The van der Waals surface area contributed by atoms with Crippen LogP contribution in [0.2, 0.25) is 0 Å². The maximum Gasteiger partial charge on any atom is 0.228 e. The van der Waals surface area contributed by atoms with E-state index in [1.807, 2.05) is 31.2 Å². The fraction of sp³-hybridized carbons (Fsp3) is 0.278. The molecule has 0 atom stereocenters. The first-order valence-corrected chi connectivity index (χ1v) is 9.03. The second-order valence-corrected chi connectivity index (χ2v) is 8.34. The predicted molar refractivity (Wildman–Crippen MR) is 92.3 cm³/mol. The van der Waals surface area contributed by atoms with Gasteiger partial charge in [-0.1, -0.05) is 24.3 Å². The highest BCUT2D eigenvalue weighted by Crippen LogP contribution is 2.17. The minimum atomic E-state index is -3.28. The monoisotopic (exact) mass is 331 g/mol. The minimum Gasteiger partial charge on any atom is -0.326 e. The van der Waals surface area contributed by atoms with Gasteiger partial charge in [0, 0.05) is 5.69 Å². The highest BCUT2D eigenvalue weighted by atomic mass is 32.2. The van der Waals surface area contributed by atoms with E-state index in [2.05, 4.69) is 5.32 Å². The van der Waals surface area contributed by atoms with E-state index in [0.29, 0.717) is 0 Å². The highest BCUT2D eigenvalue weighted by molar-refractivity contribution is 7.92. The Bertz CT molecular complexity index is 793. The van der Waals surface area contributed by atoms with Crippen LogP contribution in [0.25, 0.3) is 0 Å². The Kier molecular flexibility index (Phi) is 5.21. The molecule has 0 aliphatic rings. The molecular weight excluding hydrogens is 310 g/mol. The third-order valence-electron chi connectivity index (χ3n) is 3.54. The van der Waals surface area contributed by atoms with E-state index in [-0.39, 0.29) is 17.2 Å². The predicted octanol–water partition coefficient (Wildman–Crippen LogP) is 3.36. The third kappa shape index (κ3) is 4.42. The summed E-state index contributed by atoms with van der Waals surface area (Å²) in [5.41, 5.74) is 2.61. The lowest BCUT2D eigenvalue weighted by atomic mass is 10.1. The molecule has 0 aliphatic heterocycles. The van der Waals surface area contributed by atoms with Crippen molar-refractivity contribution in [1.29, 1.82) is 0 Å². The van der Waals surface area contributed by atoms with Gasteiger partial charge in [-0.15, -0.1) is 0 Å². The van der Waals surface area contributed by atoms with Gasteiger partial charge in [-0.05, 0) is 56.2 Å². The van der Waals surface area contributed by atoms with E-state index in [1.54, 1.807) is 38.1 Å². The Hall–Kier alpha value is -2.14. The molecule has 2 rings (SSSR count). The number of hydrogen-bond acceptors (Lipinski definition) is 3. The van der Waals surface area contributed by atoms with Crippen molar-refractivity contribution in [1.82, 2.24) is 0 Å². The average molecular weight is 331 g/mol. The standard InChI is InChI=1S/C18H21NO3S/c1-13(2)23(21,22)17-9-7-15(8-10-17)12-18(20)19-16-6-4-5-14(3)11-16/h4-11,13H,12H2,1-3H3,(H,19,20). The van der Waals surface area contributed by atoms with E-state index >= 15 is 0 Å². The number of amides is 1. The molecule has 23 heavy (non-hydrogen) atoms. The molecule has 4 nitrogen and oxygen atoms in total. The molecule has 1 N–H and O–H groups in total. The molecule has 5 heteroatoms.